The van der Waals surface area contributed by atoms with Gasteiger partial charge in [0.1, 0.15) is 24.2 Å². The number of carbonyl (C=O) groups is 2. The van der Waals surface area contributed by atoms with E-state index < -0.39 is 24.0 Å². The van der Waals surface area contributed by atoms with Gasteiger partial charge >= 0.3 is 6.18 Å². The molecule has 3 heterocycles. The predicted octanol–water partition coefficient (Wildman–Crippen LogP) is 2.42. The van der Waals surface area contributed by atoms with Gasteiger partial charge in [-0.3, -0.25) is 19.9 Å². The van der Waals surface area contributed by atoms with Crippen LogP contribution in [0.1, 0.15) is 24.8 Å². The highest BCUT2D eigenvalue weighted by atomic mass is 19.4. The molecule has 2 amide bonds. The molecule has 0 bridgehead atoms. The summed E-state index contributed by atoms with van der Waals surface area (Å²) in [5, 5.41) is 14.6. The van der Waals surface area contributed by atoms with E-state index in [9.17, 15) is 22.8 Å². The van der Waals surface area contributed by atoms with Crippen molar-refractivity contribution in [3.63, 3.8) is 0 Å². The summed E-state index contributed by atoms with van der Waals surface area (Å²) in [6.07, 6.45) is -1.67. The lowest BCUT2D eigenvalue weighted by molar-refractivity contribution is -0.201. The highest BCUT2D eigenvalue weighted by Crippen LogP contribution is 2.35. The average molecular weight is 532 g/mol. The van der Waals surface area contributed by atoms with Crippen molar-refractivity contribution < 1.29 is 27.5 Å². The van der Waals surface area contributed by atoms with E-state index in [4.69, 9.17) is 10.00 Å². The van der Waals surface area contributed by atoms with E-state index in [2.05, 4.69) is 26.5 Å². The zero-order valence-electron chi connectivity index (χ0n) is 20.4. The van der Waals surface area contributed by atoms with Gasteiger partial charge in [0.05, 0.1) is 5.56 Å². The number of likely N-dealkylation sites (tertiary alicyclic amines) is 1. The number of benzene rings is 1. The summed E-state index contributed by atoms with van der Waals surface area (Å²) in [6.45, 7) is 0.930. The van der Waals surface area contributed by atoms with Crippen molar-refractivity contribution in [2.24, 2.45) is 5.92 Å². The number of hydrogen-bond acceptors (Lipinski definition) is 8. The molecular weight excluding hydrogens is 503 g/mol. The third kappa shape index (κ3) is 6.90. The first kappa shape index (κ1) is 27.2. The van der Waals surface area contributed by atoms with Gasteiger partial charge in [0.2, 0.25) is 11.8 Å². The molecule has 1 aromatic heterocycles. The van der Waals surface area contributed by atoms with E-state index in [-0.39, 0.29) is 31.5 Å². The molecule has 38 heavy (non-hydrogen) atoms. The number of nitriles is 1. The van der Waals surface area contributed by atoms with E-state index in [1.807, 2.05) is 6.07 Å². The van der Waals surface area contributed by atoms with Gasteiger partial charge in [-0.2, -0.15) is 18.4 Å². The van der Waals surface area contributed by atoms with Crippen LogP contribution in [-0.4, -0.2) is 66.2 Å². The fourth-order valence-corrected chi connectivity index (χ4v) is 4.71. The summed E-state index contributed by atoms with van der Waals surface area (Å²) in [6, 6.07) is 10.8. The molecule has 2 fully saturated rings. The summed E-state index contributed by atoms with van der Waals surface area (Å²) in [4.78, 5) is 30.1. The van der Waals surface area contributed by atoms with E-state index in [0.717, 1.165) is 0 Å². The number of ether oxygens (including phenoxy) is 1. The number of alkyl halides is 3. The third-order valence-corrected chi connectivity index (χ3v) is 6.50. The van der Waals surface area contributed by atoms with Gasteiger partial charge in [-0.05, 0) is 43.7 Å². The van der Waals surface area contributed by atoms with Crippen molar-refractivity contribution in [3.8, 4) is 11.8 Å². The van der Waals surface area contributed by atoms with Gasteiger partial charge in [-0.1, -0.05) is 6.07 Å². The smallest absolute Gasteiger partial charge is 0.402 e. The zero-order chi connectivity index (χ0) is 27.1. The first-order valence-corrected chi connectivity index (χ1v) is 12.2. The Labute approximate surface area is 217 Å². The Morgan fingerprint density at radius 3 is 2.87 bits per heavy atom. The second-order valence-corrected chi connectivity index (χ2v) is 9.10. The van der Waals surface area contributed by atoms with Crippen LogP contribution in [0.3, 0.4) is 0 Å². The van der Waals surface area contributed by atoms with Gasteiger partial charge in [0.15, 0.2) is 5.92 Å². The molecule has 0 aliphatic carbocycles. The lowest BCUT2D eigenvalue weighted by atomic mass is 9.94. The Morgan fingerprint density at radius 2 is 2.13 bits per heavy atom. The fourth-order valence-electron chi connectivity index (χ4n) is 4.71. The minimum Gasteiger partial charge on any atom is -0.492 e. The minimum atomic E-state index is -4.65. The molecule has 10 nitrogen and oxygen atoms in total. The maximum Gasteiger partial charge on any atom is 0.402 e. The van der Waals surface area contributed by atoms with E-state index >= 15 is 0 Å². The van der Waals surface area contributed by atoms with Crippen molar-refractivity contribution in [2.45, 2.75) is 37.5 Å². The Bertz CT molecular complexity index is 1170. The van der Waals surface area contributed by atoms with Crippen LogP contribution in [0, 0.1) is 17.2 Å². The molecule has 2 aliphatic heterocycles. The van der Waals surface area contributed by atoms with E-state index in [0.29, 0.717) is 48.7 Å². The second kappa shape index (κ2) is 12.1. The van der Waals surface area contributed by atoms with Crippen molar-refractivity contribution >= 4 is 23.3 Å². The Kier molecular flexibility index (Phi) is 8.65. The lowest BCUT2D eigenvalue weighted by Gasteiger charge is -2.40. The first-order chi connectivity index (χ1) is 18.2. The number of nitrogens with one attached hydrogen (secondary N) is 4. The van der Waals surface area contributed by atoms with E-state index in [1.165, 1.54) is 6.20 Å². The molecule has 2 aromatic rings. The molecule has 2 aliphatic rings. The predicted molar refractivity (Wildman–Crippen MR) is 132 cm³/mol. The summed E-state index contributed by atoms with van der Waals surface area (Å²) in [7, 11) is 0. The van der Waals surface area contributed by atoms with Crippen molar-refractivity contribution in [2.75, 3.05) is 36.9 Å². The molecule has 202 valence electrons. The number of hydrogen-bond donors (Lipinski definition) is 4. The summed E-state index contributed by atoms with van der Waals surface area (Å²) in [5.74, 6) is -2.38. The summed E-state index contributed by atoms with van der Waals surface area (Å²) in [5.41, 5.74) is 5.63. The molecule has 0 spiro atoms. The summed E-state index contributed by atoms with van der Waals surface area (Å²) >= 11 is 0. The number of amides is 2. The Morgan fingerprint density at radius 1 is 1.29 bits per heavy atom. The van der Waals surface area contributed by atoms with Crippen LogP contribution in [0.4, 0.5) is 24.7 Å². The standard InChI is InChI=1S/C25H28F3N7O3/c26-25(27,28)23-20(14-32-34-24(23)37)35-10-2-4-18(35)15-38-19-5-1-3-17(11-19)33-22(36)8-9-30-21-7-6-16(12-29)13-31-21/h1,3,5-7,11,13,18,20,23,32H,2,4,8-10,14-15H2,(H,30,31)(H,33,36)(H,34,37)/t18-,20?,23?/m0/s1. The molecule has 4 rings (SSSR count). The van der Waals surface area contributed by atoms with E-state index in [1.54, 1.807) is 41.3 Å². The van der Waals surface area contributed by atoms with Crippen LogP contribution in [0.2, 0.25) is 0 Å². The number of anilines is 2. The number of halogens is 3. The van der Waals surface area contributed by atoms with Crippen LogP contribution in [0.5, 0.6) is 5.75 Å². The number of hydrazine groups is 1. The molecule has 1 aromatic carbocycles. The van der Waals surface area contributed by atoms with Gasteiger partial charge in [0, 0.05) is 49.5 Å². The van der Waals surface area contributed by atoms with Crippen LogP contribution in [-0.2, 0) is 9.59 Å². The Hall–Kier alpha value is -3.89. The van der Waals surface area contributed by atoms with Crippen molar-refractivity contribution in [1.82, 2.24) is 20.7 Å². The number of pyridine rings is 1. The quantitative estimate of drug-likeness (QED) is 0.388. The number of nitrogens with zero attached hydrogens (tertiary/aromatic N) is 3. The van der Waals surface area contributed by atoms with Crippen LogP contribution in [0.25, 0.3) is 0 Å². The molecule has 2 unspecified atom stereocenters. The molecular formula is C25H28F3N7O3. The van der Waals surface area contributed by atoms with Gasteiger partial charge in [-0.15, -0.1) is 0 Å². The lowest BCUT2D eigenvalue weighted by Crippen LogP contribution is -2.65. The molecule has 0 saturated carbocycles. The van der Waals surface area contributed by atoms with Crippen LogP contribution >= 0.6 is 0 Å². The minimum absolute atomic E-state index is 0.00989. The molecule has 13 heteroatoms. The fraction of sp³-hybridized carbons (Fsp3) is 0.440. The zero-order valence-corrected chi connectivity index (χ0v) is 20.4. The van der Waals surface area contributed by atoms with Gasteiger partial charge in [0.25, 0.3) is 0 Å². The molecule has 2 saturated heterocycles. The number of rotatable bonds is 9. The molecule has 0 radical (unpaired) electrons. The molecule has 4 N–H and O–H groups in total. The van der Waals surface area contributed by atoms with Crippen molar-refractivity contribution in [1.29, 1.82) is 5.26 Å². The SMILES string of the molecule is N#Cc1ccc(NCCC(=O)Nc2cccc(OC[C@@H]3CCCN3C3CNNC(=O)C3C(F)(F)F)c2)nc1. The first-order valence-electron chi connectivity index (χ1n) is 12.2. The number of carbonyl (C=O) groups excluding carboxylic acids is 2. The average Bonchev–Trinajstić information content (AvgIpc) is 3.36. The maximum absolute atomic E-state index is 13.6. The largest absolute Gasteiger partial charge is 0.492 e. The highest BCUT2D eigenvalue weighted by molar-refractivity contribution is 5.91. The monoisotopic (exact) mass is 531 g/mol. The van der Waals surface area contributed by atoms with Crippen molar-refractivity contribution in [3.05, 3.63) is 48.2 Å². The Balaban J connectivity index is 1.28. The van der Waals surface area contributed by atoms with Crippen LogP contribution < -0.4 is 26.2 Å². The van der Waals surface area contributed by atoms with Crippen LogP contribution in [0.15, 0.2) is 42.6 Å². The second-order valence-electron chi connectivity index (χ2n) is 9.10. The summed E-state index contributed by atoms with van der Waals surface area (Å²) < 4.78 is 46.7. The highest BCUT2D eigenvalue weighted by Gasteiger charge is 2.54. The number of aromatic nitrogens is 1. The third-order valence-electron chi connectivity index (χ3n) is 6.50. The maximum atomic E-state index is 13.6. The normalized spacial score (nSPS) is 21.8. The molecule has 3 atom stereocenters. The van der Waals surface area contributed by atoms with Gasteiger partial charge in [-0.25, -0.2) is 10.4 Å². The topological polar surface area (TPSA) is 131 Å². The van der Waals surface area contributed by atoms with Gasteiger partial charge < -0.3 is 15.4 Å².